The molecule has 0 saturated carbocycles. The van der Waals surface area contributed by atoms with E-state index in [0.29, 0.717) is 6.04 Å². The van der Waals surface area contributed by atoms with Crippen molar-refractivity contribution in [2.45, 2.75) is 19.5 Å². The standard InChI is InChI=1S/C10H18N4O/c1-9-8-15-5-4-13(9)2-3-14-7-10(11)6-12-14/h6-7,9H,2-5,8,11H2,1H3. The van der Waals surface area contributed by atoms with Gasteiger partial charge in [0.15, 0.2) is 0 Å². The number of aromatic nitrogens is 2. The molecule has 0 aromatic carbocycles. The quantitative estimate of drug-likeness (QED) is 0.773. The largest absolute Gasteiger partial charge is 0.396 e. The SMILES string of the molecule is CC1COCCN1CCn1cc(N)cn1. The Morgan fingerprint density at radius 3 is 3.13 bits per heavy atom. The predicted molar refractivity (Wildman–Crippen MR) is 58.5 cm³/mol. The van der Waals surface area contributed by atoms with Crippen LogP contribution in [0.2, 0.25) is 0 Å². The summed E-state index contributed by atoms with van der Waals surface area (Å²) < 4.78 is 7.27. The number of nitrogen functional groups attached to an aromatic ring is 1. The second kappa shape index (κ2) is 4.63. The number of ether oxygens (including phenoxy) is 1. The van der Waals surface area contributed by atoms with Gasteiger partial charge in [0.25, 0.3) is 0 Å². The van der Waals surface area contributed by atoms with Crippen molar-refractivity contribution in [3.05, 3.63) is 12.4 Å². The normalized spacial score (nSPS) is 23.1. The van der Waals surface area contributed by atoms with E-state index < -0.39 is 0 Å². The molecule has 0 aliphatic carbocycles. The van der Waals surface area contributed by atoms with Crippen LogP contribution in [0.1, 0.15) is 6.92 Å². The lowest BCUT2D eigenvalue weighted by Crippen LogP contribution is -2.44. The highest BCUT2D eigenvalue weighted by Gasteiger charge is 2.17. The Morgan fingerprint density at radius 2 is 2.47 bits per heavy atom. The Kier molecular flexibility index (Phi) is 3.23. The molecular weight excluding hydrogens is 192 g/mol. The summed E-state index contributed by atoms with van der Waals surface area (Å²) in [6.07, 6.45) is 3.55. The lowest BCUT2D eigenvalue weighted by atomic mass is 10.2. The third-order valence-electron chi connectivity index (χ3n) is 2.77. The van der Waals surface area contributed by atoms with Crippen molar-refractivity contribution in [1.29, 1.82) is 0 Å². The maximum atomic E-state index is 5.60. The monoisotopic (exact) mass is 210 g/mol. The van der Waals surface area contributed by atoms with Crippen molar-refractivity contribution < 1.29 is 4.74 Å². The fraction of sp³-hybridized carbons (Fsp3) is 0.700. The number of hydrogen-bond acceptors (Lipinski definition) is 4. The maximum Gasteiger partial charge on any atom is 0.0719 e. The topological polar surface area (TPSA) is 56.3 Å². The minimum atomic E-state index is 0.506. The molecule has 2 rings (SSSR count). The second-order valence-corrected chi connectivity index (χ2v) is 4.00. The van der Waals surface area contributed by atoms with Crippen molar-refractivity contribution >= 4 is 5.69 Å². The molecule has 2 N–H and O–H groups in total. The van der Waals surface area contributed by atoms with E-state index in [1.165, 1.54) is 0 Å². The summed E-state index contributed by atoms with van der Waals surface area (Å²) in [6.45, 7) is 6.77. The number of nitrogens with two attached hydrogens (primary N) is 1. The van der Waals surface area contributed by atoms with Gasteiger partial charge in [-0.2, -0.15) is 5.10 Å². The van der Waals surface area contributed by atoms with Crippen LogP contribution in [0.3, 0.4) is 0 Å². The van der Waals surface area contributed by atoms with Crippen molar-refractivity contribution in [1.82, 2.24) is 14.7 Å². The van der Waals surface area contributed by atoms with Crippen LogP contribution in [0.15, 0.2) is 12.4 Å². The summed E-state index contributed by atoms with van der Waals surface area (Å²) in [7, 11) is 0. The second-order valence-electron chi connectivity index (χ2n) is 4.00. The molecule has 84 valence electrons. The Balaban J connectivity index is 1.81. The average molecular weight is 210 g/mol. The van der Waals surface area contributed by atoms with Gasteiger partial charge in [0.05, 0.1) is 31.6 Å². The molecule has 1 unspecified atom stereocenters. The first-order valence-corrected chi connectivity index (χ1v) is 5.35. The molecule has 1 aliphatic heterocycles. The highest BCUT2D eigenvalue weighted by Crippen LogP contribution is 2.06. The number of hydrogen-bond donors (Lipinski definition) is 1. The number of morpholine rings is 1. The molecule has 1 aromatic heterocycles. The van der Waals surface area contributed by atoms with Crippen LogP contribution in [-0.4, -0.2) is 47.0 Å². The molecule has 0 bridgehead atoms. The Bertz CT molecular complexity index is 312. The van der Waals surface area contributed by atoms with Gasteiger partial charge in [0.1, 0.15) is 0 Å². The van der Waals surface area contributed by atoms with Crippen LogP contribution in [-0.2, 0) is 11.3 Å². The van der Waals surface area contributed by atoms with Crippen LogP contribution in [0.25, 0.3) is 0 Å². The molecule has 1 saturated heterocycles. The molecule has 15 heavy (non-hydrogen) atoms. The third kappa shape index (κ3) is 2.70. The first kappa shape index (κ1) is 10.4. The lowest BCUT2D eigenvalue weighted by molar-refractivity contribution is -0.00203. The zero-order chi connectivity index (χ0) is 10.7. The highest BCUT2D eigenvalue weighted by atomic mass is 16.5. The van der Waals surface area contributed by atoms with Gasteiger partial charge in [-0.25, -0.2) is 0 Å². The third-order valence-corrected chi connectivity index (χ3v) is 2.77. The minimum absolute atomic E-state index is 0.506. The van der Waals surface area contributed by atoms with E-state index in [0.717, 1.165) is 38.5 Å². The summed E-state index contributed by atoms with van der Waals surface area (Å²) in [6, 6.07) is 0.506. The van der Waals surface area contributed by atoms with E-state index in [2.05, 4.69) is 16.9 Å². The maximum absolute atomic E-state index is 5.60. The van der Waals surface area contributed by atoms with Crippen molar-refractivity contribution in [3.63, 3.8) is 0 Å². The highest BCUT2D eigenvalue weighted by molar-refractivity contribution is 5.30. The van der Waals surface area contributed by atoms with Crippen molar-refractivity contribution in [2.75, 3.05) is 32.0 Å². The van der Waals surface area contributed by atoms with E-state index in [4.69, 9.17) is 10.5 Å². The van der Waals surface area contributed by atoms with Crippen LogP contribution in [0.5, 0.6) is 0 Å². The van der Waals surface area contributed by atoms with E-state index in [-0.39, 0.29) is 0 Å². The van der Waals surface area contributed by atoms with Crippen LogP contribution in [0.4, 0.5) is 5.69 Å². The Labute approximate surface area is 89.8 Å². The van der Waals surface area contributed by atoms with Crippen LogP contribution < -0.4 is 5.73 Å². The molecular formula is C10H18N4O. The molecule has 1 aliphatic rings. The zero-order valence-electron chi connectivity index (χ0n) is 9.09. The van der Waals surface area contributed by atoms with E-state index in [9.17, 15) is 0 Å². The lowest BCUT2D eigenvalue weighted by Gasteiger charge is -2.33. The van der Waals surface area contributed by atoms with Crippen LogP contribution >= 0.6 is 0 Å². The first-order chi connectivity index (χ1) is 7.25. The van der Waals surface area contributed by atoms with Crippen molar-refractivity contribution in [3.8, 4) is 0 Å². The van der Waals surface area contributed by atoms with Gasteiger partial charge >= 0.3 is 0 Å². The molecule has 0 spiro atoms. The zero-order valence-corrected chi connectivity index (χ0v) is 9.09. The molecule has 0 radical (unpaired) electrons. The molecule has 2 heterocycles. The number of anilines is 1. The Morgan fingerprint density at radius 1 is 1.60 bits per heavy atom. The first-order valence-electron chi connectivity index (χ1n) is 5.35. The van der Waals surface area contributed by atoms with E-state index in [1.807, 2.05) is 10.9 Å². The number of nitrogens with zero attached hydrogens (tertiary/aromatic N) is 3. The van der Waals surface area contributed by atoms with Gasteiger partial charge in [-0.05, 0) is 6.92 Å². The molecule has 1 atom stereocenters. The smallest absolute Gasteiger partial charge is 0.0719 e. The van der Waals surface area contributed by atoms with Gasteiger partial charge in [-0.15, -0.1) is 0 Å². The molecule has 1 aromatic rings. The van der Waals surface area contributed by atoms with Crippen molar-refractivity contribution in [2.24, 2.45) is 0 Å². The Hall–Kier alpha value is -1.07. The summed E-state index contributed by atoms with van der Waals surface area (Å²) in [5.41, 5.74) is 6.32. The molecule has 1 fully saturated rings. The summed E-state index contributed by atoms with van der Waals surface area (Å²) in [4.78, 5) is 2.42. The molecule has 0 amide bonds. The molecule has 5 heteroatoms. The predicted octanol–water partition coefficient (Wildman–Crippen LogP) is 0.186. The van der Waals surface area contributed by atoms with Gasteiger partial charge in [-0.1, -0.05) is 0 Å². The average Bonchev–Trinajstić information content (AvgIpc) is 2.63. The fourth-order valence-corrected chi connectivity index (χ4v) is 1.83. The van der Waals surface area contributed by atoms with Gasteiger partial charge in [0.2, 0.25) is 0 Å². The summed E-state index contributed by atoms with van der Waals surface area (Å²) >= 11 is 0. The minimum Gasteiger partial charge on any atom is -0.396 e. The fourth-order valence-electron chi connectivity index (χ4n) is 1.83. The van der Waals surface area contributed by atoms with Gasteiger partial charge in [-0.3, -0.25) is 9.58 Å². The molecule has 5 nitrogen and oxygen atoms in total. The van der Waals surface area contributed by atoms with E-state index >= 15 is 0 Å². The summed E-state index contributed by atoms with van der Waals surface area (Å²) in [5, 5.41) is 4.16. The van der Waals surface area contributed by atoms with Gasteiger partial charge < -0.3 is 10.5 Å². The van der Waals surface area contributed by atoms with Gasteiger partial charge in [0, 0.05) is 25.3 Å². The summed E-state index contributed by atoms with van der Waals surface area (Å²) in [5.74, 6) is 0. The van der Waals surface area contributed by atoms with E-state index in [1.54, 1.807) is 6.20 Å². The number of rotatable bonds is 3. The van der Waals surface area contributed by atoms with Crippen LogP contribution in [0, 0.1) is 0 Å².